The maximum Gasteiger partial charge on any atom is 0.236 e. The minimum atomic E-state index is -3.49. The quantitative estimate of drug-likeness (QED) is 0.772. The molecule has 0 aliphatic heterocycles. The van der Waals surface area contributed by atoms with Crippen LogP contribution in [0.25, 0.3) is 0 Å². The van der Waals surface area contributed by atoms with Gasteiger partial charge in [-0.05, 0) is 23.1 Å². The molecule has 0 saturated heterocycles. The van der Waals surface area contributed by atoms with E-state index in [-0.39, 0.29) is 23.6 Å². The van der Waals surface area contributed by atoms with Gasteiger partial charge in [0.25, 0.3) is 0 Å². The van der Waals surface area contributed by atoms with Crippen LogP contribution in [0.5, 0.6) is 0 Å². The van der Waals surface area contributed by atoms with Gasteiger partial charge in [-0.25, -0.2) is 8.42 Å². The Labute approximate surface area is 156 Å². The van der Waals surface area contributed by atoms with E-state index in [4.69, 9.17) is 0 Å². The van der Waals surface area contributed by atoms with Crippen LogP contribution < -0.4 is 9.62 Å². The van der Waals surface area contributed by atoms with Crippen molar-refractivity contribution >= 4 is 21.6 Å². The molecule has 0 bridgehead atoms. The van der Waals surface area contributed by atoms with Crippen LogP contribution in [0.4, 0.5) is 5.69 Å². The summed E-state index contributed by atoms with van der Waals surface area (Å²) in [7, 11) is -1.97. The number of benzene rings is 2. The van der Waals surface area contributed by atoms with E-state index < -0.39 is 10.0 Å². The van der Waals surface area contributed by atoms with Crippen molar-refractivity contribution in [2.45, 2.75) is 25.7 Å². The Hall–Kier alpha value is -2.34. The second-order valence-electron chi connectivity index (χ2n) is 6.90. The molecule has 6 heteroatoms. The van der Waals surface area contributed by atoms with E-state index in [1.165, 1.54) is 11.4 Å². The monoisotopic (exact) mass is 374 g/mol. The van der Waals surface area contributed by atoms with Crippen LogP contribution in [0.15, 0.2) is 60.7 Å². The van der Waals surface area contributed by atoms with Gasteiger partial charge < -0.3 is 5.32 Å². The Kier molecular flexibility index (Phi) is 6.42. The predicted molar refractivity (Wildman–Crippen MR) is 106 cm³/mol. The zero-order chi connectivity index (χ0) is 19.2. The second-order valence-corrected chi connectivity index (χ2v) is 9.02. The minimum Gasteiger partial charge on any atom is -0.355 e. The van der Waals surface area contributed by atoms with Crippen molar-refractivity contribution in [2.24, 2.45) is 0 Å². The van der Waals surface area contributed by atoms with Crippen LogP contribution >= 0.6 is 0 Å². The van der Waals surface area contributed by atoms with Crippen molar-refractivity contribution < 1.29 is 13.2 Å². The van der Waals surface area contributed by atoms with E-state index in [0.29, 0.717) is 12.1 Å². The normalized spacial score (nSPS) is 11.8. The summed E-state index contributed by atoms with van der Waals surface area (Å²) in [5.74, 6) is -0.299. The molecule has 0 aromatic heterocycles. The van der Waals surface area contributed by atoms with Gasteiger partial charge >= 0.3 is 0 Å². The molecule has 0 fully saturated rings. The van der Waals surface area contributed by atoms with Gasteiger partial charge in [0.1, 0.15) is 0 Å². The van der Waals surface area contributed by atoms with Crippen LogP contribution in [0.3, 0.4) is 0 Å². The zero-order valence-electron chi connectivity index (χ0n) is 15.5. The molecule has 1 N–H and O–H groups in total. The molecule has 0 heterocycles. The number of rotatable bonds is 8. The van der Waals surface area contributed by atoms with Gasteiger partial charge in [-0.15, -0.1) is 0 Å². The highest BCUT2D eigenvalue weighted by Gasteiger charge is 2.24. The molecular formula is C20H26N2O3S. The topological polar surface area (TPSA) is 66.5 Å². The SMILES string of the molecule is CN(c1ccccc1)S(=O)(=O)CCNC(=O)CC(C)(C)c1ccccc1. The number of amides is 1. The van der Waals surface area contributed by atoms with E-state index in [2.05, 4.69) is 5.32 Å². The standard InChI is InChI=1S/C20H26N2O3S/c1-20(2,17-10-6-4-7-11-17)16-19(23)21-14-15-26(24,25)22(3)18-12-8-5-9-13-18/h4-13H,14-16H2,1-3H3,(H,21,23). The highest BCUT2D eigenvalue weighted by molar-refractivity contribution is 7.92. The van der Waals surface area contributed by atoms with Gasteiger partial charge in [0, 0.05) is 20.0 Å². The molecular weight excluding hydrogens is 348 g/mol. The maximum atomic E-state index is 12.4. The molecule has 0 unspecified atom stereocenters. The lowest BCUT2D eigenvalue weighted by Crippen LogP contribution is -2.37. The molecule has 2 aromatic rings. The number of hydrogen-bond acceptors (Lipinski definition) is 3. The third kappa shape index (κ3) is 5.33. The second kappa shape index (κ2) is 8.36. The third-order valence-corrected chi connectivity index (χ3v) is 6.14. The van der Waals surface area contributed by atoms with Crippen molar-refractivity contribution in [1.29, 1.82) is 0 Å². The molecule has 26 heavy (non-hydrogen) atoms. The lowest BCUT2D eigenvalue weighted by atomic mass is 9.81. The van der Waals surface area contributed by atoms with E-state index >= 15 is 0 Å². The number of sulfonamides is 1. The average Bonchev–Trinajstić information content (AvgIpc) is 2.62. The van der Waals surface area contributed by atoms with Crippen molar-refractivity contribution in [2.75, 3.05) is 23.7 Å². The number of nitrogens with one attached hydrogen (secondary N) is 1. The first-order valence-corrected chi connectivity index (χ1v) is 10.2. The summed E-state index contributed by atoms with van der Waals surface area (Å²) < 4.78 is 26.0. The van der Waals surface area contributed by atoms with Crippen molar-refractivity contribution in [3.63, 3.8) is 0 Å². The average molecular weight is 375 g/mol. The number of nitrogens with zero attached hydrogens (tertiary/aromatic N) is 1. The molecule has 140 valence electrons. The molecule has 0 spiro atoms. The Balaban J connectivity index is 1.88. The van der Waals surface area contributed by atoms with Crippen LogP contribution in [0.2, 0.25) is 0 Å². The first kappa shape index (κ1) is 20.0. The minimum absolute atomic E-state index is 0.0865. The Morgan fingerprint density at radius 3 is 2.12 bits per heavy atom. The lowest BCUT2D eigenvalue weighted by Gasteiger charge is -2.25. The zero-order valence-corrected chi connectivity index (χ0v) is 16.3. The van der Waals surface area contributed by atoms with Crippen LogP contribution in [-0.2, 0) is 20.2 Å². The van der Waals surface area contributed by atoms with Crippen LogP contribution in [-0.4, -0.2) is 33.7 Å². The van der Waals surface area contributed by atoms with Crippen LogP contribution in [0, 0.1) is 0 Å². The van der Waals surface area contributed by atoms with Gasteiger partial charge in [-0.1, -0.05) is 62.4 Å². The predicted octanol–water partition coefficient (Wildman–Crippen LogP) is 2.94. The molecule has 0 aliphatic carbocycles. The summed E-state index contributed by atoms with van der Waals surface area (Å²) in [6.45, 7) is 4.09. The highest BCUT2D eigenvalue weighted by atomic mass is 32.2. The van der Waals surface area contributed by atoms with Crippen molar-refractivity contribution in [3.8, 4) is 0 Å². The van der Waals surface area contributed by atoms with Crippen LogP contribution in [0.1, 0.15) is 25.8 Å². The summed E-state index contributed by atoms with van der Waals surface area (Å²) in [6.07, 6.45) is 0.297. The van der Waals surface area contributed by atoms with Crippen molar-refractivity contribution in [3.05, 3.63) is 66.2 Å². The number of para-hydroxylation sites is 1. The summed E-state index contributed by atoms with van der Waals surface area (Å²) in [4.78, 5) is 12.2. The summed E-state index contributed by atoms with van der Waals surface area (Å²) in [5.41, 5.74) is 1.36. The first-order valence-electron chi connectivity index (χ1n) is 8.56. The fourth-order valence-electron chi connectivity index (χ4n) is 2.71. The number of carbonyl (C=O) groups excluding carboxylic acids is 1. The van der Waals surface area contributed by atoms with Gasteiger partial charge in [-0.3, -0.25) is 9.10 Å². The summed E-state index contributed by atoms with van der Waals surface area (Å²) >= 11 is 0. The smallest absolute Gasteiger partial charge is 0.236 e. The molecule has 0 radical (unpaired) electrons. The molecule has 0 aliphatic rings. The molecule has 0 atom stereocenters. The molecule has 5 nitrogen and oxygen atoms in total. The summed E-state index contributed by atoms with van der Waals surface area (Å²) in [5, 5.41) is 2.73. The Morgan fingerprint density at radius 1 is 1.00 bits per heavy atom. The lowest BCUT2D eigenvalue weighted by molar-refractivity contribution is -0.122. The fourth-order valence-corrected chi connectivity index (χ4v) is 3.79. The van der Waals surface area contributed by atoms with E-state index in [9.17, 15) is 13.2 Å². The number of anilines is 1. The number of carbonyl (C=O) groups is 1. The van der Waals surface area contributed by atoms with E-state index in [0.717, 1.165) is 5.56 Å². The van der Waals surface area contributed by atoms with E-state index in [1.807, 2.05) is 50.2 Å². The maximum absolute atomic E-state index is 12.4. The Morgan fingerprint density at radius 2 is 1.54 bits per heavy atom. The molecule has 2 aromatic carbocycles. The summed E-state index contributed by atoms with van der Waals surface area (Å²) in [6, 6.07) is 18.7. The first-order chi connectivity index (χ1) is 12.2. The number of hydrogen-bond donors (Lipinski definition) is 1. The van der Waals surface area contributed by atoms with Gasteiger partial charge in [-0.2, -0.15) is 0 Å². The largest absolute Gasteiger partial charge is 0.355 e. The molecule has 1 amide bonds. The third-order valence-electron chi connectivity index (χ3n) is 4.38. The highest BCUT2D eigenvalue weighted by Crippen LogP contribution is 2.26. The van der Waals surface area contributed by atoms with Gasteiger partial charge in [0.05, 0.1) is 11.4 Å². The molecule has 2 rings (SSSR count). The fraction of sp³-hybridized carbons (Fsp3) is 0.350. The van der Waals surface area contributed by atoms with Gasteiger partial charge in [0.15, 0.2) is 0 Å². The van der Waals surface area contributed by atoms with E-state index in [1.54, 1.807) is 24.3 Å². The molecule has 0 saturated carbocycles. The van der Waals surface area contributed by atoms with Gasteiger partial charge in [0.2, 0.25) is 15.9 Å². The Bertz CT molecular complexity index is 819. The van der Waals surface area contributed by atoms with Crippen molar-refractivity contribution in [1.82, 2.24) is 5.32 Å².